The summed E-state index contributed by atoms with van der Waals surface area (Å²) < 4.78 is 27.2. The summed E-state index contributed by atoms with van der Waals surface area (Å²) in [6, 6.07) is 2.21. The van der Waals surface area contributed by atoms with Crippen molar-refractivity contribution in [3.8, 4) is 0 Å². The summed E-state index contributed by atoms with van der Waals surface area (Å²) in [5.41, 5.74) is 4.20. The number of hydrogen-bond donors (Lipinski definition) is 3. The largest absolute Gasteiger partial charge is 0.383 e. The van der Waals surface area contributed by atoms with Crippen LogP contribution in [0.2, 0.25) is 0 Å². The van der Waals surface area contributed by atoms with Crippen molar-refractivity contribution in [2.24, 2.45) is 11.7 Å². The van der Waals surface area contributed by atoms with Crippen molar-refractivity contribution >= 4 is 11.8 Å². The maximum Gasteiger partial charge on any atom is 0.251 e. The summed E-state index contributed by atoms with van der Waals surface area (Å²) in [4.78, 5) is 22.4. The third kappa shape index (κ3) is 4.49. The van der Waals surface area contributed by atoms with Crippen LogP contribution in [0.4, 0.5) is 8.78 Å². The molecule has 1 rings (SSSR count). The Kier molecular flexibility index (Phi) is 5.78. The molecule has 0 heterocycles. The number of carbonyl (C=O) groups is 2. The number of primary amides is 1. The van der Waals surface area contributed by atoms with Crippen molar-refractivity contribution in [2.75, 3.05) is 0 Å². The predicted octanol–water partition coefficient (Wildman–Crippen LogP) is 1.09. The van der Waals surface area contributed by atoms with E-state index in [1.54, 1.807) is 0 Å². The van der Waals surface area contributed by atoms with Gasteiger partial charge in [0.2, 0.25) is 5.91 Å². The number of aliphatic hydroxyl groups is 1. The van der Waals surface area contributed by atoms with Crippen LogP contribution in [0.5, 0.6) is 0 Å². The lowest BCUT2D eigenvalue weighted by molar-refractivity contribution is -0.130. The molecule has 0 aliphatic rings. The lowest BCUT2D eigenvalue weighted by Gasteiger charge is -2.14. The van der Waals surface area contributed by atoms with Gasteiger partial charge in [-0.2, -0.15) is 0 Å². The van der Waals surface area contributed by atoms with Gasteiger partial charge in [-0.3, -0.25) is 9.59 Å². The second kappa shape index (κ2) is 7.12. The van der Waals surface area contributed by atoms with Crippen molar-refractivity contribution in [1.82, 2.24) is 5.32 Å². The zero-order valence-corrected chi connectivity index (χ0v) is 11.8. The SMILES string of the molecule is CC(C)CC(O)C(=O)NCc1ccc(C(N)=O)c(F)c1F. The van der Waals surface area contributed by atoms with E-state index in [4.69, 9.17) is 5.73 Å². The maximum absolute atomic E-state index is 13.7. The third-order valence-electron chi connectivity index (χ3n) is 2.88. The normalized spacial score (nSPS) is 12.3. The molecular weight excluding hydrogens is 282 g/mol. The number of aliphatic hydroxyl groups excluding tert-OH is 1. The standard InChI is InChI=1S/C14H18F2N2O3/c1-7(2)5-10(19)14(21)18-6-8-3-4-9(13(17)20)12(16)11(8)15/h3-4,7,10,19H,5-6H2,1-2H3,(H2,17,20)(H,18,21). The third-order valence-corrected chi connectivity index (χ3v) is 2.88. The number of benzene rings is 1. The van der Waals surface area contributed by atoms with Crippen molar-refractivity contribution in [1.29, 1.82) is 0 Å². The van der Waals surface area contributed by atoms with Crippen LogP contribution in [-0.2, 0) is 11.3 Å². The minimum atomic E-state index is -1.35. The number of carbonyl (C=O) groups excluding carboxylic acids is 2. The first-order valence-corrected chi connectivity index (χ1v) is 6.46. The van der Waals surface area contributed by atoms with Gasteiger partial charge in [0.25, 0.3) is 5.91 Å². The molecule has 0 aliphatic heterocycles. The molecule has 1 aromatic carbocycles. The van der Waals surface area contributed by atoms with Gasteiger partial charge in [0.1, 0.15) is 6.10 Å². The van der Waals surface area contributed by atoms with Crippen LogP contribution in [0, 0.1) is 17.6 Å². The quantitative estimate of drug-likeness (QED) is 0.734. The van der Waals surface area contributed by atoms with Gasteiger partial charge >= 0.3 is 0 Å². The van der Waals surface area contributed by atoms with Crippen LogP contribution < -0.4 is 11.1 Å². The molecule has 1 atom stereocenters. The summed E-state index contributed by atoms with van der Waals surface area (Å²) in [5, 5.41) is 11.9. The topological polar surface area (TPSA) is 92.4 Å². The first kappa shape index (κ1) is 17.0. The van der Waals surface area contributed by atoms with E-state index >= 15 is 0 Å². The molecule has 0 spiro atoms. The van der Waals surface area contributed by atoms with E-state index < -0.39 is 35.1 Å². The second-order valence-electron chi connectivity index (χ2n) is 5.13. The molecule has 2 amide bonds. The van der Waals surface area contributed by atoms with Crippen LogP contribution in [0.15, 0.2) is 12.1 Å². The van der Waals surface area contributed by atoms with Gasteiger partial charge in [-0.25, -0.2) is 8.78 Å². The van der Waals surface area contributed by atoms with Gasteiger partial charge in [-0.15, -0.1) is 0 Å². The van der Waals surface area contributed by atoms with Crippen molar-refractivity contribution in [2.45, 2.75) is 32.9 Å². The number of nitrogens with one attached hydrogen (secondary N) is 1. The van der Waals surface area contributed by atoms with Gasteiger partial charge in [0.15, 0.2) is 11.6 Å². The Hall–Kier alpha value is -2.02. The fourth-order valence-corrected chi connectivity index (χ4v) is 1.77. The molecule has 116 valence electrons. The maximum atomic E-state index is 13.7. The van der Waals surface area contributed by atoms with Gasteiger partial charge in [0.05, 0.1) is 5.56 Å². The van der Waals surface area contributed by atoms with E-state index in [1.165, 1.54) is 0 Å². The molecule has 7 heteroatoms. The molecule has 1 unspecified atom stereocenters. The van der Waals surface area contributed by atoms with Gasteiger partial charge < -0.3 is 16.2 Å². The number of hydrogen-bond acceptors (Lipinski definition) is 3. The predicted molar refractivity (Wildman–Crippen MR) is 72.2 cm³/mol. The van der Waals surface area contributed by atoms with Gasteiger partial charge in [0, 0.05) is 12.1 Å². The van der Waals surface area contributed by atoms with E-state index in [1.807, 2.05) is 13.8 Å². The first-order chi connectivity index (χ1) is 9.73. The summed E-state index contributed by atoms with van der Waals surface area (Å²) >= 11 is 0. The Bertz CT molecular complexity index is 547. The summed E-state index contributed by atoms with van der Waals surface area (Å²) in [7, 11) is 0. The highest BCUT2D eigenvalue weighted by molar-refractivity contribution is 5.93. The molecule has 0 bridgehead atoms. The fourth-order valence-electron chi connectivity index (χ4n) is 1.77. The number of amides is 2. The smallest absolute Gasteiger partial charge is 0.251 e. The Morgan fingerprint density at radius 3 is 2.43 bits per heavy atom. The molecule has 0 aliphatic carbocycles. The second-order valence-corrected chi connectivity index (χ2v) is 5.13. The van der Waals surface area contributed by atoms with Crippen LogP contribution in [0.3, 0.4) is 0 Å². The molecule has 0 aromatic heterocycles. The average molecular weight is 300 g/mol. The summed E-state index contributed by atoms with van der Waals surface area (Å²) in [5.74, 6) is -4.21. The van der Waals surface area contributed by atoms with Crippen molar-refractivity contribution < 1.29 is 23.5 Å². The molecule has 0 fully saturated rings. The van der Waals surface area contributed by atoms with E-state index in [9.17, 15) is 23.5 Å². The molecular formula is C14H18F2N2O3. The Labute approximate surface area is 121 Å². The monoisotopic (exact) mass is 300 g/mol. The van der Waals surface area contributed by atoms with E-state index in [0.717, 1.165) is 12.1 Å². The van der Waals surface area contributed by atoms with Crippen LogP contribution in [0.25, 0.3) is 0 Å². The lowest BCUT2D eigenvalue weighted by atomic mass is 10.1. The molecule has 4 N–H and O–H groups in total. The summed E-state index contributed by atoms with van der Waals surface area (Å²) in [6.45, 7) is 3.39. The van der Waals surface area contributed by atoms with Crippen LogP contribution >= 0.6 is 0 Å². The highest BCUT2D eigenvalue weighted by atomic mass is 19.2. The average Bonchev–Trinajstić information content (AvgIpc) is 2.38. The molecule has 21 heavy (non-hydrogen) atoms. The lowest BCUT2D eigenvalue weighted by Crippen LogP contribution is -2.35. The highest BCUT2D eigenvalue weighted by Gasteiger charge is 2.19. The van der Waals surface area contributed by atoms with E-state index in [2.05, 4.69) is 5.32 Å². The fraction of sp³-hybridized carbons (Fsp3) is 0.429. The van der Waals surface area contributed by atoms with Gasteiger partial charge in [-0.1, -0.05) is 19.9 Å². The zero-order chi connectivity index (χ0) is 16.2. The minimum Gasteiger partial charge on any atom is -0.383 e. The Balaban J connectivity index is 2.75. The first-order valence-electron chi connectivity index (χ1n) is 6.46. The highest BCUT2D eigenvalue weighted by Crippen LogP contribution is 2.16. The van der Waals surface area contributed by atoms with Crippen molar-refractivity contribution in [3.05, 3.63) is 34.9 Å². The molecule has 0 saturated carbocycles. The summed E-state index contributed by atoms with van der Waals surface area (Å²) in [6.07, 6.45) is -0.939. The number of rotatable bonds is 6. The van der Waals surface area contributed by atoms with E-state index in [-0.39, 0.29) is 24.4 Å². The van der Waals surface area contributed by atoms with Crippen LogP contribution in [0.1, 0.15) is 36.2 Å². The molecule has 0 saturated heterocycles. The molecule has 5 nitrogen and oxygen atoms in total. The minimum absolute atomic E-state index is 0.120. The zero-order valence-electron chi connectivity index (χ0n) is 11.8. The number of halogens is 2. The number of nitrogens with two attached hydrogens (primary N) is 1. The van der Waals surface area contributed by atoms with Crippen molar-refractivity contribution in [3.63, 3.8) is 0 Å². The Morgan fingerprint density at radius 2 is 1.90 bits per heavy atom. The van der Waals surface area contributed by atoms with Crippen LogP contribution in [-0.4, -0.2) is 23.0 Å². The Morgan fingerprint density at radius 1 is 1.29 bits per heavy atom. The van der Waals surface area contributed by atoms with Gasteiger partial charge in [-0.05, 0) is 18.4 Å². The molecule has 1 aromatic rings. The van der Waals surface area contributed by atoms with E-state index in [0.29, 0.717) is 0 Å². The molecule has 0 radical (unpaired) electrons.